The van der Waals surface area contributed by atoms with E-state index < -0.39 is 24.3 Å². The van der Waals surface area contributed by atoms with E-state index in [1.54, 1.807) is 24.3 Å². The number of fused-ring (bicyclic) bond motifs is 1. The van der Waals surface area contributed by atoms with Crippen molar-refractivity contribution in [2.45, 2.75) is 43.6 Å². The van der Waals surface area contributed by atoms with Gasteiger partial charge < -0.3 is 26.2 Å². The van der Waals surface area contributed by atoms with Gasteiger partial charge in [0.15, 0.2) is 0 Å². The molecule has 4 atom stereocenters. The fourth-order valence-electron chi connectivity index (χ4n) is 4.49. The molecule has 4 rings (SSSR count). The van der Waals surface area contributed by atoms with Crippen molar-refractivity contribution in [3.05, 3.63) is 107 Å². The maximum Gasteiger partial charge on any atom is 0.252 e. The molecule has 0 radical (unpaired) electrons. The Balaban J connectivity index is 1.34. The van der Waals surface area contributed by atoms with Crippen LogP contribution in [-0.4, -0.2) is 53.4 Å². The molecule has 7 nitrogen and oxygen atoms in total. The SMILES string of the molecule is O=C1NC(C(=O)NC(Cc2ccccc2)C(O)CNCC(O)CCc2ccccc2)c2ccccc21. The summed E-state index contributed by atoms with van der Waals surface area (Å²) >= 11 is 0. The zero-order chi connectivity index (χ0) is 25.3. The van der Waals surface area contributed by atoms with Crippen molar-refractivity contribution in [1.82, 2.24) is 16.0 Å². The Kier molecular flexibility index (Phi) is 8.84. The molecule has 1 aliphatic heterocycles. The molecule has 4 unspecified atom stereocenters. The van der Waals surface area contributed by atoms with E-state index in [1.807, 2.05) is 60.7 Å². The van der Waals surface area contributed by atoms with Gasteiger partial charge in [-0.25, -0.2) is 0 Å². The van der Waals surface area contributed by atoms with Gasteiger partial charge in [0.25, 0.3) is 5.91 Å². The maximum absolute atomic E-state index is 13.2. The van der Waals surface area contributed by atoms with E-state index in [0.29, 0.717) is 30.5 Å². The summed E-state index contributed by atoms with van der Waals surface area (Å²) in [6.45, 7) is 0.537. The van der Waals surface area contributed by atoms with Gasteiger partial charge >= 0.3 is 0 Å². The average molecular weight is 488 g/mol. The Morgan fingerprint density at radius 3 is 2.22 bits per heavy atom. The lowest BCUT2D eigenvalue weighted by molar-refractivity contribution is -0.124. The number of aryl methyl sites for hydroxylation is 1. The standard InChI is InChI=1S/C29H33N3O4/c33-22(16-15-20-9-3-1-4-10-20)18-30-19-26(34)25(17-21-11-5-2-6-12-21)31-29(36)27-23-13-7-8-14-24(23)28(35)32-27/h1-14,22,25-27,30,33-34H,15-19H2,(H,31,36)(H,32,35). The van der Waals surface area contributed by atoms with Crippen LogP contribution in [-0.2, 0) is 17.6 Å². The highest BCUT2D eigenvalue weighted by Gasteiger charge is 2.35. The topological polar surface area (TPSA) is 111 Å². The molecule has 0 aliphatic carbocycles. The van der Waals surface area contributed by atoms with Crippen LogP contribution in [0.2, 0.25) is 0 Å². The smallest absolute Gasteiger partial charge is 0.252 e. The molecule has 188 valence electrons. The van der Waals surface area contributed by atoms with Crippen molar-refractivity contribution >= 4 is 11.8 Å². The molecule has 3 aromatic carbocycles. The molecule has 1 heterocycles. The summed E-state index contributed by atoms with van der Waals surface area (Å²) in [5.74, 6) is -0.645. The number of aliphatic hydroxyl groups is 2. The third-order valence-electron chi connectivity index (χ3n) is 6.49. The Bertz CT molecular complexity index is 1140. The van der Waals surface area contributed by atoms with Crippen molar-refractivity contribution in [2.24, 2.45) is 0 Å². The van der Waals surface area contributed by atoms with E-state index in [-0.39, 0.29) is 18.4 Å². The molecule has 0 spiro atoms. The molecule has 2 amide bonds. The summed E-state index contributed by atoms with van der Waals surface area (Å²) in [6, 6.07) is 25.2. The van der Waals surface area contributed by atoms with Gasteiger partial charge in [-0.15, -0.1) is 0 Å². The zero-order valence-electron chi connectivity index (χ0n) is 20.1. The molecule has 0 saturated heterocycles. The van der Waals surface area contributed by atoms with Gasteiger partial charge in [-0.1, -0.05) is 78.9 Å². The van der Waals surface area contributed by atoms with Gasteiger partial charge in [-0.3, -0.25) is 9.59 Å². The van der Waals surface area contributed by atoms with Crippen LogP contribution in [0, 0.1) is 0 Å². The molecule has 0 fully saturated rings. The molecular weight excluding hydrogens is 454 g/mol. The van der Waals surface area contributed by atoms with E-state index in [1.165, 1.54) is 5.56 Å². The number of hydrogen-bond acceptors (Lipinski definition) is 5. The largest absolute Gasteiger partial charge is 0.392 e. The molecule has 36 heavy (non-hydrogen) atoms. The maximum atomic E-state index is 13.2. The predicted molar refractivity (Wildman–Crippen MR) is 138 cm³/mol. The first-order valence-corrected chi connectivity index (χ1v) is 12.4. The Hall–Kier alpha value is -3.52. The molecule has 0 aromatic heterocycles. The number of carbonyl (C=O) groups excluding carboxylic acids is 2. The summed E-state index contributed by atoms with van der Waals surface area (Å²) in [5.41, 5.74) is 3.26. The average Bonchev–Trinajstić information content (AvgIpc) is 3.25. The quantitative estimate of drug-likeness (QED) is 0.269. The van der Waals surface area contributed by atoms with Gasteiger partial charge in [-0.2, -0.15) is 0 Å². The lowest BCUT2D eigenvalue weighted by atomic mass is 9.99. The van der Waals surface area contributed by atoms with Gasteiger partial charge in [0, 0.05) is 18.7 Å². The molecular formula is C29H33N3O4. The molecule has 7 heteroatoms. The van der Waals surface area contributed by atoms with Crippen LogP contribution < -0.4 is 16.0 Å². The summed E-state index contributed by atoms with van der Waals surface area (Å²) in [4.78, 5) is 25.4. The highest BCUT2D eigenvalue weighted by molar-refractivity contribution is 6.04. The van der Waals surface area contributed by atoms with Crippen molar-refractivity contribution in [3.8, 4) is 0 Å². The van der Waals surface area contributed by atoms with Crippen LogP contribution in [0.4, 0.5) is 0 Å². The van der Waals surface area contributed by atoms with Gasteiger partial charge in [0.2, 0.25) is 5.91 Å². The number of rotatable bonds is 12. The Morgan fingerprint density at radius 1 is 0.861 bits per heavy atom. The minimum atomic E-state index is -0.900. The first-order valence-electron chi connectivity index (χ1n) is 12.4. The Morgan fingerprint density at radius 2 is 1.50 bits per heavy atom. The van der Waals surface area contributed by atoms with E-state index in [4.69, 9.17) is 0 Å². The summed E-state index contributed by atoms with van der Waals surface area (Å²) < 4.78 is 0. The lowest BCUT2D eigenvalue weighted by Crippen LogP contribution is -2.51. The predicted octanol–water partition coefficient (Wildman–Crippen LogP) is 2.14. The summed E-state index contributed by atoms with van der Waals surface area (Å²) in [6.07, 6.45) is 0.354. The van der Waals surface area contributed by atoms with Crippen LogP contribution in [0.5, 0.6) is 0 Å². The second-order valence-electron chi connectivity index (χ2n) is 9.20. The fourth-order valence-corrected chi connectivity index (χ4v) is 4.49. The molecule has 0 bridgehead atoms. The number of aliphatic hydroxyl groups excluding tert-OH is 2. The third kappa shape index (κ3) is 6.79. The number of amides is 2. The number of hydrogen-bond donors (Lipinski definition) is 5. The van der Waals surface area contributed by atoms with E-state index in [2.05, 4.69) is 16.0 Å². The minimum Gasteiger partial charge on any atom is -0.392 e. The zero-order valence-corrected chi connectivity index (χ0v) is 20.1. The van der Waals surface area contributed by atoms with Crippen LogP contribution in [0.3, 0.4) is 0 Å². The molecule has 1 aliphatic rings. The van der Waals surface area contributed by atoms with Crippen molar-refractivity contribution in [1.29, 1.82) is 0 Å². The highest BCUT2D eigenvalue weighted by Crippen LogP contribution is 2.25. The third-order valence-corrected chi connectivity index (χ3v) is 6.49. The number of benzene rings is 3. The van der Waals surface area contributed by atoms with E-state index in [9.17, 15) is 19.8 Å². The van der Waals surface area contributed by atoms with E-state index >= 15 is 0 Å². The van der Waals surface area contributed by atoms with Gasteiger partial charge in [0.05, 0.1) is 18.2 Å². The van der Waals surface area contributed by atoms with Gasteiger partial charge in [-0.05, 0) is 42.0 Å². The first-order chi connectivity index (χ1) is 17.5. The second-order valence-corrected chi connectivity index (χ2v) is 9.20. The monoisotopic (exact) mass is 487 g/mol. The molecule has 0 saturated carbocycles. The number of nitrogens with one attached hydrogen (secondary N) is 3. The van der Waals surface area contributed by atoms with Crippen LogP contribution in [0.15, 0.2) is 84.9 Å². The molecule has 3 aromatic rings. The second kappa shape index (κ2) is 12.4. The van der Waals surface area contributed by atoms with Crippen LogP contribution in [0.25, 0.3) is 0 Å². The van der Waals surface area contributed by atoms with Crippen LogP contribution in [0.1, 0.15) is 39.5 Å². The highest BCUT2D eigenvalue weighted by atomic mass is 16.3. The van der Waals surface area contributed by atoms with E-state index in [0.717, 1.165) is 12.0 Å². The van der Waals surface area contributed by atoms with Crippen molar-refractivity contribution in [3.63, 3.8) is 0 Å². The fraction of sp³-hybridized carbons (Fsp3) is 0.310. The Labute approximate surface area is 211 Å². The summed E-state index contributed by atoms with van der Waals surface area (Å²) in [7, 11) is 0. The normalized spacial score (nSPS) is 17.1. The van der Waals surface area contributed by atoms with Crippen LogP contribution >= 0.6 is 0 Å². The first kappa shape index (κ1) is 25.6. The number of carbonyl (C=O) groups is 2. The molecule has 5 N–H and O–H groups in total. The van der Waals surface area contributed by atoms with Gasteiger partial charge in [0.1, 0.15) is 6.04 Å². The van der Waals surface area contributed by atoms with Crippen molar-refractivity contribution in [2.75, 3.05) is 13.1 Å². The van der Waals surface area contributed by atoms with Crippen molar-refractivity contribution < 1.29 is 19.8 Å². The lowest BCUT2D eigenvalue weighted by Gasteiger charge is -2.26. The minimum absolute atomic E-state index is 0.202. The summed E-state index contributed by atoms with van der Waals surface area (Å²) in [5, 5.41) is 30.1.